The smallest absolute Gasteiger partial charge is 0.306 e. The molecule has 0 aromatic heterocycles. The largest absolute Gasteiger partial charge is 0.481 e. The van der Waals surface area contributed by atoms with Gasteiger partial charge in [-0.05, 0) is 0 Å². The summed E-state index contributed by atoms with van der Waals surface area (Å²) in [5, 5.41) is 26.1. The van der Waals surface area contributed by atoms with Gasteiger partial charge in [0.25, 0.3) is 0 Å². The van der Waals surface area contributed by atoms with Crippen LogP contribution in [0.4, 0.5) is 0 Å². The molecular weight excluding hydrogens is 148 g/mol. The number of hydrogen-bond acceptors (Lipinski definition) is 3. The maximum Gasteiger partial charge on any atom is 0.306 e. The predicted molar refractivity (Wildman–Crippen MR) is 39.1 cm³/mol. The lowest BCUT2D eigenvalue weighted by atomic mass is 9.80. The lowest BCUT2D eigenvalue weighted by Crippen LogP contribution is -2.37. The van der Waals surface area contributed by atoms with Gasteiger partial charge in [0.05, 0.1) is 19.1 Å². The molecule has 0 rings (SSSR count). The van der Waals surface area contributed by atoms with Gasteiger partial charge in [-0.2, -0.15) is 0 Å². The standard InChI is InChI=1S/C7H14O4/c1-5(6(10)11)7(2,3-8)4-9/h5,8-9H,3-4H2,1-2H3,(H,10,11). The van der Waals surface area contributed by atoms with Crippen molar-refractivity contribution in [1.29, 1.82) is 0 Å². The van der Waals surface area contributed by atoms with E-state index >= 15 is 0 Å². The molecule has 66 valence electrons. The molecule has 0 fully saturated rings. The molecule has 0 aliphatic carbocycles. The van der Waals surface area contributed by atoms with E-state index in [-0.39, 0.29) is 13.2 Å². The van der Waals surface area contributed by atoms with E-state index < -0.39 is 17.3 Å². The molecule has 0 amide bonds. The monoisotopic (exact) mass is 162 g/mol. The quantitative estimate of drug-likeness (QED) is 0.530. The van der Waals surface area contributed by atoms with Crippen LogP contribution in [0, 0.1) is 11.3 Å². The van der Waals surface area contributed by atoms with Gasteiger partial charge in [-0.1, -0.05) is 13.8 Å². The van der Waals surface area contributed by atoms with Crippen molar-refractivity contribution in [2.75, 3.05) is 13.2 Å². The third-order valence-electron chi connectivity index (χ3n) is 2.14. The lowest BCUT2D eigenvalue weighted by molar-refractivity contribution is -0.148. The fraction of sp³-hybridized carbons (Fsp3) is 0.857. The molecule has 0 saturated heterocycles. The van der Waals surface area contributed by atoms with E-state index in [2.05, 4.69) is 0 Å². The summed E-state index contributed by atoms with van der Waals surface area (Å²) in [5.74, 6) is -1.74. The Morgan fingerprint density at radius 3 is 1.91 bits per heavy atom. The summed E-state index contributed by atoms with van der Waals surface area (Å²) in [5.41, 5.74) is -0.925. The number of hydrogen-bond donors (Lipinski definition) is 3. The summed E-state index contributed by atoms with van der Waals surface area (Å²) >= 11 is 0. The molecule has 3 N–H and O–H groups in total. The van der Waals surface area contributed by atoms with Gasteiger partial charge < -0.3 is 15.3 Å². The van der Waals surface area contributed by atoms with Crippen LogP contribution < -0.4 is 0 Å². The van der Waals surface area contributed by atoms with E-state index in [1.54, 1.807) is 0 Å². The van der Waals surface area contributed by atoms with E-state index in [4.69, 9.17) is 15.3 Å². The van der Waals surface area contributed by atoms with Gasteiger partial charge in [-0.15, -0.1) is 0 Å². The van der Waals surface area contributed by atoms with Crippen molar-refractivity contribution in [3.63, 3.8) is 0 Å². The first-order chi connectivity index (χ1) is 4.98. The highest BCUT2D eigenvalue weighted by molar-refractivity contribution is 5.70. The van der Waals surface area contributed by atoms with Crippen LogP contribution >= 0.6 is 0 Å². The fourth-order valence-electron chi connectivity index (χ4n) is 0.622. The minimum atomic E-state index is -1.00. The molecular formula is C7H14O4. The van der Waals surface area contributed by atoms with Crippen molar-refractivity contribution < 1.29 is 20.1 Å². The zero-order valence-corrected chi connectivity index (χ0v) is 6.74. The Hall–Kier alpha value is -0.610. The van der Waals surface area contributed by atoms with E-state index in [0.717, 1.165) is 0 Å². The van der Waals surface area contributed by atoms with Crippen LogP contribution in [0.15, 0.2) is 0 Å². The molecule has 0 saturated carbocycles. The van der Waals surface area contributed by atoms with E-state index in [0.29, 0.717) is 0 Å². The molecule has 0 aromatic carbocycles. The Balaban J connectivity index is 4.36. The minimum absolute atomic E-state index is 0.322. The Bertz CT molecular complexity index is 139. The molecule has 0 aliphatic rings. The van der Waals surface area contributed by atoms with E-state index in [1.807, 2.05) is 0 Å². The molecule has 1 unspecified atom stereocenters. The van der Waals surface area contributed by atoms with E-state index in [9.17, 15) is 4.79 Å². The second-order valence-electron chi connectivity index (χ2n) is 3.03. The third-order valence-corrected chi connectivity index (χ3v) is 2.14. The number of carboxylic acids is 1. The maximum absolute atomic E-state index is 10.4. The highest BCUT2D eigenvalue weighted by Crippen LogP contribution is 2.25. The third kappa shape index (κ3) is 2.17. The average Bonchev–Trinajstić information content (AvgIpc) is 2.01. The fourth-order valence-corrected chi connectivity index (χ4v) is 0.622. The zero-order chi connectivity index (χ0) is 9.07. The Morgan fingerprint density at radius 1 is 1.45 bits per heavy atom. The summed E-state index contributed by atoms with van der Waals surface area (Å²) in [7, 11) is 0. The van der Waals surface area contributed by atoms with Gasteiger partial charge in [0.2, 0.25) is 0 Å². The minimum Gasteiger partial charge on any atom is -0.481 e. The molecule has 4 nitrogen and oxygen atoms in total. The molecule has 0 heterocycles. The van der Waals surface area contributed by atoms with Gasteiger partial charge in [0, 0.05) is 5.41 Å². The van der Waals surface area contributed by atoms with E-state index in [1.165, 1.54) is 13.8 Å². The SMILES string of the molecule is CC(C(=O)O)C(C)(CO)CO. The molecule has 4 heteroatoms. The summed E-state index contributed by atoms with van der Waals surface area (Å²) in [6.45, 7) is 2.36. The van der Waals surface area contributed by atoms with Crippen molar-refractivity contribution in [1.82, 2.24) is 0 Å². The first-order valence-electron chi connectivity index (χ1n) is 3.42. The number of carboxylic acid groups (broad SMARTS) is 1. The van der Waals surface area contributed by atoms with Gasteiger partial charge >= 0.3 is 5.97 Å². The first kappa shape index (κ1) is 10.4. The molecule has 1 atom stereocenters. The second-order valence-corrected chi connectivity index (χ2v) is 3.03. The van der Waals surface area contributed by atoms with Crippen molar-refractivity contribution in [2.24, 2.45) is 11.3 Å². The van der Waals surface area contributed by atoms with Crippen LogP contribution in [0.3, 0.4) is 0 Å². The predicted octanol–water partition coefficient (Wildman–Crippen LogP) is -0.302. The second kappa shape index (κ2) is 3.69. The van der Waals surface area contributed by atoms with Crippen LogP contribution in [0.1, 0.15) is 13.8 Å². The van der Waals surface area contributed by atoms with Gasteiger partial charge in [-0.3, -0.25) is 4.79 Å². The first-order valence-corrected chi connectivity index (χ1v) is 3.42. The number of aliphatic carboxylic acids is 1. The normalized spacial score (nSPS) is 14.5. The van der Waals surface area contributed by atoms with Crippen LogP contribution in [0.2, 0.25) is 0 Å². The Labute approximate surface area is 65.5 Å². The highest BCUT2D eigenvalue weighted by Gasteiger charge is 2.34. The van der Waals surface area contributed by atoms with Crippen LogP contribution in [0.25, 0.3) is 0 Å². The van der Waals surface area contributed by atoms with Gasteiger partial charge in [0.15, 0.2) is 0 Å². The summed E-state index contributed by atoms with van der Waals surface area (Å²) in [6.07, 6.45) is 0. The summed E-state index contributed by atoms with van der Waals surface area (Å²) < 4.78 is 0. The molecule has 0 aromatic rings. The molecule has 0 radical (unpaired) electrons. The van der Waals surface area contributed by atoms with Crippen molar-refractivity contribution in [2.45, 2.75) is 13.8 Å². The molecule has 0 spiro atoms. The summed E-state index contributed by atoms with van der Waals surface area (Å²) in [4.78, 5) is 10.4. The van der Waals surface area contributed by atoms with Crippen LogP contribution in [-0.4, -0.2) is 34.5 Å². The Kier molecular flexibility index (Phi) is 3.48. The highest BCUT2D eigenvalue weighted by atomic mass is 16.4. The number of aliphatic hydroxyl groups excluding tert-OH is 2. The Morgan fingerprint density at radius 2 is 1.82 bits per heavy atom. The lowest BCUT2D eigenvalue weighted by Gasteiger charge is -2.28. The molecule has 11 heavy (non-hydrogen) atoms. The van der Waals surface area contributed by atoms with Gasteiger partial charge in [0.1, 0.15) is 0 Å². The number of rotatable bonds is 4. The van der Waals surface area contributed by atoms with Crippen molar-refractivity contribution >= 4 is 5.97 Å². The van der Waals surface area contributed by atoms with Crippen molar-refractivity contribution in [3.05, 3.63) is 0 Å². The number of aliphatic hydroxyl groups is 2. The molecule has 0 bridgehead atoms. The zero-order valence-electron chi connectivity index (χ0n) is 6.74. The molecule has 0 aliphatic heterocycles. The maximum atomic E-state index is 10.4. The van der Waals surface area contributed by atoms with Gasteiger partial charge in [-0.25, -0.2) is 0 Å². The summed E-state index contributed by atoms with van der Waals surface area (Å²) in [6, 6.07) is 0. The van der Waals surface area contributed by atoms with Crippen LogP contribution in [0.5, 0.6) is 0 Å². The van der Waals surface area contributed by atoms with Crippen molar-refractivity contribution in [3.8, 4) is 0 Å². The topological polar surface area (TPSA) is 77.8 Å². The average molecular weight is 162 g/mol. The number of carbonyl (C=O) groups is 1. The van der Waals surface area contributed by atoms with Crippen LogP contribution in [-0.2, 0) is 4.79 Å².